The number of hydrogen-bond acceptors (Lipinski definition) is 4. The van der Waals surface area contributed by atoms with E-state index >= 15 is 0 Å². The molecule has 1 saturated heterocycles. The first-order chi connectivity index (χ1) is 11.7. The molecule has 1 aromatic heterocycles. The van der Waals surface area contributed by atoms with E-state index in [4.69, 9.17) is 4.74 Å². The topological polar surface area (TPSA) is 59.4 Å². The van der Waals surface area contributed by atoms with Crippen molar-refractivity contribution in [1.82, 2.24) is 19.8 Å². The zero-order valence-corrected chi connectivity index (χ0v) is 14.0. The van der Waals surface area contributed by atoms with E-state index in [-0.39, 0.29) is 11.9 Å². The van der Waals surface area contributed by atoms with Gasteiger partial charge < -0.3 is 14.6 Å². The maximum atomic E-state index is 12.4. The summed E-state index contributed by atoms with van der Waals surface area (Å²) in [6.07, 6.45) is 4.97. The van der Waals surface area contributed by atoms with Crippen LogP contribution in [-0.4, -0.2) is 52.2 Å². The zero-order valence-electron chi connectivity index (χ0n) is 14.0. The van der Waals surface area contributed by atoms with E-state index < -0.39 is 6.10 Å². The van der Waals surface area contributed by atoms with Gasteiger partial charge in [-0.1, -0.05) is 30.3 Å². The summed E-state index contributed by atoms with van der Waals surface area (Å²) in [6, 6.07) is 10.3. The molecule has 0 saturated carbocycles. The molecule has 3 rings (SSSR count). The largest absolute Gasteiger partial charge is 0.366 e. The Morgan fingerprint density at radius 1 is 1.42 bits per heavy atom. The molecular weight excluding hydrogens is 304 g/mol. The fraction of sp³-hybridized carbons (Fsp3) is 0.444. The standard InChI is InChI=1S/C18H24N4O2/c1-15(11-22-8-7-19-14-22)20-18(23)17-13-21(9-10-24-17)12-16-5-3-2-4-6-16/h2-8,14-15,17H,9-13H2,1H3,(H,20,23)/t15-,17-/m1/s1. The molecule has 2 heterocycles. The summed E-state index contributed by atoms with van der Waals surface area (Å²) >= 11 is 0. The normalized spacial score (nSPS) is 19.8. The van der Waals surface area contributed by atoms with Crippen LogP contribution < -0.4 is 5.32 Å². The van der Waals surface area contributed by atoms with Gasteiger partial charge >= 0.3 is 0 Å². The summed E-state index contributed by atoms with van der Waals surface area (Å²) in [5.74, 6) is -0.0413. The lowest BCUT2D eigenvalue weighted by Crippen LogP contribution is -2.51. The number of rotatable bonds is 6. The summed E-state index contributed by atoms with van der Waals surface area (Å²) in [5, 5.41) is 3.03. The molecule has 6 heteroatoms. The van der Waals surface area contributed by atoms with E-state index in [1.165, 1.54) is 5.56 Å². The summed E-state index contributed by atoms with van der Waals surface area (Å²) in [4.78, 5) is 18.7. The number of carbonyl (C=O) groups is 1. The van der Waals surface area contributed by atoms with E-state index in [1.807, 2.05) is 35.9 Å². The highest BCUT2D eigenvalue weighted by Crippen LogP contribution is 2.11. The van der Waals surface area contributed by atoms with Crippen molar-refractivity contribution in [3.63, 3.8) is 0 Å². The fourth-order valence-electron chi connectivity index (χ4n) is 2.94. The minimum absolute atomic E-state index is 0.0276. The van der Waals surface area contributed by atoms with Gasteiger partial charge in [-0.2, -0.15) is 0 Å². The van der Waals surface area contributed by atoms with Crippen LogP contribution in [0, 0.1) is 0 Å². The molecule has 1 aromatic carbocycles. The molecule has 1 fully saturated rings. The average molecular weight is 328 g/mol. The van der Waals surface area contributed by atoms with Gasteiger partial charge in [-0.15, -0.1) is 0 Å². The van der Waals surface area contributed by atoms with Gasteiger partial charge in [0.1, 0.15) is 6.10 Å². The molecule has 0 bridgehead atoms. The Morgan fingerprint density at radius 2 is 2.25 bits per heavy atom. The van der Waals surface area contributed by atoms with Crippen LogP contribution in [0.25, 0.3) is 0 Å². The second-order valence-corrected chi connectivity index (χ2v) is 6.25. The van der Waals surface area contributed by atoms with Crippen molar-refractivity contribution in [1.29, 1.82) is 0 Å². The number of nitrogens with one attached hydrogen (secondary N) is 1. The number of hydrogen-bond donors (Lipinski definition) is 1. The number of ether oxygens (including phenoxy) is 1. The van der Waals surface area contributed by atoms with Crippen LogP contribution in [-0.2, 0) is 22.6 Å². The van der Waals surface area contributed by atoms with Gasteiger partial charge in [0.2, 0.25) is 0 Å². The Balaban J connectivity index is 1.49. The molecule has 128 valence electrons. The SMILES string of the molecule is C[C@H](Cn1ccnc1)NC(=O)[C@H]1CN(Cc2ccccc2)CCO1. The lowest BCUT2D eigenvalue weighted by molar-refractivity contribution is -0.139. The third-order valence-electron chi connectivity index (χ3n) is 4.12. The molecule has 1 aliphatic rings. The summed E-state index contributed by atoms with van der Waals surface area (Å²) in [6.45, 7) is 5.59. The molecule has 1 N–H and O–H groups in total. The van der Waals surface area contributed by atoms with Gasteiger partial charge in [-0.3, -0.25) is 9.69 Å². The highest BCUT2D eigenvalue weighted by atomic mass is 16.5. The van der Waals surface area contributed by atoms with Crippen LogP contribution >= 0.6 is 0 Å². The summed E-state index contributed by atoms with van der Waals surface area (Å²) in [5.41, 5.74) is 1.26. The zero-order chi connectivity index (χ0) is 16.8. The Bertz CT molecular complexity index is 630. The van der Waals surface area contributed by atoms with Gasteiger partial charge in [0.25, 0.3) is 5.91 Å². The molecule has 0 spiro atoms. The second kappa shape index (κ2) is 8.08. The van der Waals surface area contributed by atoms with Crippen molar-refractivity contribution in [2.45, 2.75) is 32.2 Å². The smallest absolute Gasteiger partial charge is 0.250 e. The van der Waals surface area contributed by atoms with Crippen molar-refractivity contribution >= 4 is 5.91 Å². The van der Waals surface area contributed by atoms with Gasteiger partial charge in [0, 0.05) is 44.6 Å². The summed E-state index contributed by atoms with van der Waals surface area (Å²) in [7, 11) is 0. The third kappa shape index (κ3) is 4.66. The van der Waals surface area contributed by atoms with Crippen LogP contribution in [0.5, 0.6) is 0 Å². The number of aromatic nitrogens is 2. The molecule has 0 unspecified atom stereocenters. The molecule has 2 aromatic rings. The average Bonchev–Trinajstić information content (AvgIpc) is 3.09. The lowest BCUT2D eigenvalue weighted by Gasteiger charge is -2.32. The van der Waals surface area contributed by atoms with Crippen molar-refractivity contribution in [2.75, 3.05) is 19.7 Å². The van der Waals surface area contributed by atoms with E-state index in [2.05, 4.69) is 27.3 Å². The molecule has 1 amide bonds. The second-order valence-electron chi connectivity index (χ2n) is 6.25. The first-order valence-corrected chi connectivity index (χ1v) is 8.34. The Kier molecular flexibility index (Phi) is 5.61. The first kappa shape index (κ1) is 16.7. The van der Waals surface area contributed by atoms with Gasteiger partial charge in [-0.25, -0.2) is 4.98 Å². The predicted molar refractivity (Wildman–Crippen MR) is 91.3 cm³/mol. The molecule has 6 nitrogen and oxygen atoms in total. The van der Waals surface area contributed by atoms with Crippen molar-refractivity contribution in [3.8, 4) is 0 Å². The van der Waals surface area contributed by atoms with Gasteiger partial charge in [0.15, 0.2) is 0 Å². The van der Waals surface area contributed by atoms with Crippen molar-refractivity contribution in [3.05, 3.63) is 54.6 Å². The minimum Gasteiger partial charge on any atom is -0.366 e. The predicted octanol–water partition coefficient (Wildman–Crippen LogP) is 1.29. The number of morpholine rings is 1. The molecule has 0 aliphatic carbocycles. The van der Waals surface area contributed by atoms with Crippen molar-refractivity contribution in [2.24, 2.45) is 0 Å². The molecule has 0 radical (unpaired) electrons. The molecule has 1 aliphatic heterocycles. The Morgan fingerprint density at radius 3 is 3.00 bits per heavy atom. The third-order valence-corrected chi connectivity index (χ3v) is 4.12. The van der Waals surface area contributed by atoms with Crippen LogP contribution in [0.1, 0.15) is 12.5 Å². The molecular formula is C18H24N4O2. The monoisotopic (exact) mass is 328 g/mol. The van der Waals surface area contributed by atoms with E-state index in [9.17, 15) is 4.79 Å². The molecule has 2 atom stereocenters. The number of nitrogens with zero attached hydrogens (tertiary/aromatic N) is 3. The minimum atomic E-state index is -0.410. The number of imidazole rings is 1. The molecule has 24 heavy (non-hydrogen) atoms. The van der Waals surface area contributed by atoms with Gasteiger partial charge in [-0.05, 0) is 12.5 Å². The maximum Gasteiger partial charge on any atom is 0.250 e. The van der Waals surface area contributed by atoms with Crippen molar-refractivity contribution < 1.29 is 9.53 Å². The van der Waals surface area contributed by atoms with Crippen LogP contribution in [0.15, 0.2) is 49.1 Å². The maximum absolute atomic E-state index is 12.4. The van der Waals surface area contributed by atoms with Gasteiger partial charge in [0.05, 0.1) is 12.9 Å². The highest BCUT2D eigenvalue weighted by Gasteiger charge is 2.27. The fourth-order valence-corrected chi connectivity index (χ4v) is 2.94. The number of amides is 1. The Hall–Kier alpha value is -2.18. The number of carbonyl (C=O) groups excluding carboxylic acids is 1. The van der Waals surface area contributed by atoms with Crippen LogP contribution in [0.4, 0.5) is 0 Å². The van der Waals surface area contributed by atoms with Crippen LogP contribution in [0.3, 0.4) is 0 Å². The quantitative estimate of drug-likeness (QED) is 0.868. The van der Waals surface area contributed by atoms with E-state index in [1.54, 1.807) is 12.5 Å². The lowest BCUT2D eigenvalue weighted by atomic mass is 10.2. The van der Waals surface area contributed by atoms with E-state index in [0.29, 0.717) is 19.7 Å². The summed E-state index contributed by atoms with van der Waals surface area (Å²) < 4.78 is 7.62. The highest BCUT2D eigenvalue weighted by molar-refractivity contribution is 5.81. The number of benzene rings is 1. The Labute approximate surface area is 142 Å². The first-order valence-electron chi connectivity index (χ1n) is 8.34. The van der Waals surface area contributed by atoms with Crippen LogP contribution in [0.2, 0.25) is 0 Å². The van der Waals surface area contributed by atoms with E-state index in [0.717, 1.165) is 13.1 Å².